The van der Waals surface area contributed by atoms with Crippen LogP contribution in [0, 0.1) is 29.6 Å². The van der Waals surface area contributed by atoms with E-state index in [-0.39, 0.29) is 60.8 Å². The lowest BCUT2D eigenvalue weighted by molar-refractivity contribution is -0.365. The van der Waals surface area contributed by atoms with Gasteiger partial charge in [-0.05, 0) is 59.3 Å². The van der Waals surface area contributed by atoms with Crippen LogP contribution in [0.1, 0.15) is 120 Å². The van der Waals surface area contributed by atoms with Gasteiger partial charge in [0.2, 0.25) is 0 Å². The predicted molar refractivity (Wildman–Crippen MR) is 228 cm³/mol. The van der Waals surface area contributed by atoms with Gasteiger partial charge in [0.05, 0.1) is 78.7 Å². The number of methoxy groups -OCH3 is 4. The fourth-order valence-corrected chi connectivity index (χ4v) is 12.7. The van der Waals surface area contributed by atoms with Gasteiger partial charge in [-0.2, -0.15) is 0 Å². The molecule has 2 unspecified atom stereocenters. The Balaban J connectivity index is 1.09. The number of hydrogen-bond donors (Lipinski definition) is 4. The number of carboxylic acids is 1. The van der Waals surface area contributed by atoms with Crippen molar-refractivity contribution < 1.29 is 82.1 Å². The molecule has 0 bridgehead atoms. The first-order valence-electron chi connectivity index (χ1n) is 23.8. The van der Waals surface area contributed by atoms with Crippen molar-refractivity contribution in [2.24, 2.45) is 29.6 Å². The molecule has 17 nitrogen and oxygen atoms in total. The average molecular weight is 917 g/mol. The van der Waals surface area contributed by atoms with E-state index in [1.165, 1.54) is 14.2 Å². The van der Waals surface area contributed by atoms with Crippen LogP contribution in [0.4, 0.5) is 0 Å². The Morgan fingerprint density at radius 3 is 2.09 bits per heavy atom. The molecule has 0 saturated carbocycles. The second kappa shape index (κ2) is 19.0. The molecule has 370 valence electrons. The van der Waals surface area contributed by atoms with E-state index in [1.807, 2.05) is 34.6 Å². The minimum absolute atomic E-state index is 0.0406. The first-order chi connectivity index (χ1) is 30.0. The summed E-state index contributed by atoms with van der Waals surface area (Å²) in [6.07, 6.45) is -3.18. The van der Waals surface area contributed by atoms with Crippen molar-refractivity contribution in [2.75, 3.05) is 28.4 Å². The van der Waals surface area contributed by atoms with Crippen molar-refractivity contribution in [3.05, 3.63) is 0 Å². The summed E-state index contributed by atoms with van der Waals surface area (Å²) < 4.78 is 77.6. The van der Waals surface area contributed by atoms with Crippen LogP contribution in [0.5, 0.6) is 0 Å². The van der Waals surface area contributed by atoms with Gasteiger partial charge in [-0.1, -0.05) is 34.6 Å². The molecule has 4 N–H and O–H groups in total. The summed E-state index contributed by atoms with van der Waals surface area (Å²) in [7, 11) is 6.37. The zero-order valence-corrected chi connectivity index (χ0v) is 40.4. The van der Waals surface area contributed by atoms with Crippen LogP contribution in [-0.4, -0.2) is 169 Å². The standard InChI is InChI=1S/C47H80O17/c1-23-18-24(2)45(9,51)61-36(23)31-19-32(58-35-20-30(53-10)40(55-12)28(6)57-35)42(59-31)44(8)15-14-33(60-44)43(7)16-17-46(64-43)21-29(48)25(3)37(62-46)26(4)38-41(56-13)39(54-11)27(5)47(52,63-38)22-34(49)50/h23-33,35-42,48,51-52H,14-22H2,1-13H3,(H,49,50)/t23-,24-,25+,26+,27-,28-,29-,30-,31+,32-,33+,35?,36-,37?,38-,39-,40-,41-,42+,43-,44-,45-,46+,47+/m0/s1. The fourth-order valence-electron chi connectivity index (χ4n) is 12.7. The zero-order chi connectivity index (χ0) is 46.9. The van der Waals surface area contributed by atoms with E-state index in [0.29, 0.717) is 38.5 Å². The van der Waals surface area contributed by atoms with Gasteiger partial charge in [-0.3, -0.25) is 4.79 Å². The number of hydrogen-bond acceptors (Lipinski definition) is 16. The second-order valence-electron chi connectivity index (χ2n) is 21.3. The molecule has 7 rings (SSSR count). The minimum Gasteiger partial charge on any atom is -0.481 e. The summed E-state index contributed by atoms with van der Waals surface area (Å²) in [6.45, 7) is 17.5. The summed E-state index contributed by atoms with van der Waals surface area (Å²) in [4.78, 5) is 11.9. The summed E-state index contributed by atoms with van der Waals surface area (Å²) in [5.41, 5.74) is -1.60. The van der Waals surface area contributed by atoms with Crippen LogP contribution in [0.15, 0.2) is 0 Å². The highest BCUT2D eigenvalue weighted by Crippen LogP contribution is 2.55. The summed E-state index contributed by atoms with van der Waals surface area (Å²) in [5, 5.41) is 44.3. The molecule has 7 fully saturated rings. The fraction of sp³-hybridized carbons (Fsp3) is 0.979. The van der Waals surface area contributed by atoms with E-state index in [9.17, 15) is 25.2 Å². The maximum Gasteiger partial charge on any atom is 0.308 e. The third kappa shape index (κ3) is 9.46. The number of aliphatic hydroxyl groups is 3. The van der Waals surface area contributed by atoms with Gasteiger partial charge in [-0.25, -0.2) is 0 Å². The molecule has 7 aliphatic rings. The highest BCUT2D eigenvalue weighted by molar-refractivity contribution is 5.68. The molecule has 17 heteroatoms. The topological polar surface area (TPSA) is 209 Å². The Morgan fingerprint density at radius 2 is 1.45 bits per heavy atom. The smallest absolute Gasteiger partial charge is 0.308 e. The lowest BCUT2D eigenvalue weighted by atomic mass is 9.75. The largest absolute Gasteiger partial charge is 0.481 e. The van der Waals surface area contributed by atoms with Gasteiger partial charge in [0.25, 0.3) is 0 Å². The number of aliphatic hydroxyl groups excluding tert-OH is 1. The molecule has 7 aliphatic heterocycles. The first kappa shape index (κ1) is 50.7. The maximum absolute atomic E-state index is 11.9. The lowest BCUT2D eigenvalue weighted by Gasteiger charge is -2.53. The number of carboxylic acid groups (broad SMARTS) is 1. The molecule has 24 atom stereocenters. The zero-order valence-electron chi connectivity index (χ0n) is 40.4. The van der Waals surface area contributed by atoms with Crippen molar-refractivity contribution in [2.45, 2.75) is 234 Å². The van der Waals surface area contributed by atoms with E-state index >= 15 is 0 Å². The number of ether oxygens (including phenoxy) is 12. The second-order valence-corrected chi connectivity index (χ2v) is 21.3. The minimum atomic E-state index is -2.03. The quantitative estimate of drug-likeness (QED) is 0.203. The van der Waals surface area contributed by atoms with Gasteiger partial charge in [-0.15, -0.1) is 0 Å². The first-order valence-corrected chi connectivity index (χ1v) is 23.8. The molecular formula is C47H80O17. The third-order valence-corrected chi connectivity index (χ3v) is 16.8. The number of rotatable bonds is 13. The molecule has 0 aromatic rings. The maximum atomic E-state index is 11.9. The van der Waals surface area contributed by atoms with Crippen molar-refractivity contribution >= 4 is 5.97 Å². The van der Waals surface area contributed by atoms with Crippen LogP contribution in [0.2, 0.25) is 0 Å². The Bertz CT molecular complexity index is 1600. The molecule has 7 saturated heterocycles. The van der Waals surface area contributed by atoms with Crippen molar-refractivity contribution in [3.63, 3.8) is 0 Å². The molecule has 0 aromatic carbocycles. The lowest BCUT2D eigenvalue weighted by Crippen LogP contribution is -2.65. The van der Waals surface area contributed by atoms with E-state index in [1.54, 1.807) is 28.1 Å². The van der Waals surface area contributed by atoms with Crippen LogP contribution in [0.3, 0.4) is 0 Å². The highest BCUT2D eigenvalue weighted by atomic mass is 16.7. The normalized spacial score (nSPS) is 54.1. The molecule has 1 spiro atoms. The van der Waals surface area contributed by atoms with E-state index in [2.05, 4.69) is 13.8 Å². The van der Waals surface area contributed by atoms with Crippen LogP contribution >= 0.6 is 0 Å². The van der Waals surface area contributed by atoms with Crippen molar-refractivity contribution in [3.8, 4) is 0 Å². The van der Waals surface area contributed by atoms with Gasteiger partial charge < -0.3 is 77.3 Å². The van der Waals surface area contributed by atoms with Crippen LogP contribution < -0.4 is 0 Å². The van der Waals surface area contributed by atoms with Crippen molar-refractivity contribution in [1.82, 2.24) is 0 Å². The molecule has 64 heavy (non-hydrogen) atoms. The molecule has 0 aromatic heterocycles. The summed E-state index contributed by atoms with van der Waals surface area (Å²) in [6, 6.07) is 0. The Kier molecular flexibility index (Phi) is 15.1. The Morgan fingerprint density at radius 1 is 0.766 bits per heavy atom. The predicted octanol–water partition coefficient (Wildman–Crippen LogP) is 4.32. The van der Waals surface area contributed by atoms with E-state index in [4.69, 9.17) is 56.8 Å². The highest BCUT2D eigenvalue weighted by Gasteiger charge is 2.64. The molecule has 0 aliphatic carbocycles. The SMILES string of the molecule is CO[C@H]1[C@H]([C@H](C)C2O[C@@]3(CC[C@@](C)([C@H]4CC[C@@](C)([C@@H]5O[C@@H]([C@H]6O[C@](C)(O)[C@@H](C)C[C@@H]6C)C[C@@H]5OC5C[C@H](OC)[C@@H](OC)[C@H](C)O5)O4)O3)C[C@H](O)[C@H]2C)O[C@](O)(CC(=O)O)[C@@H](C)[C@@H]1OC. The van der Waals surface area contributed by atoms with Gasteiger partial charge in [0, 0.05) is 77.8 Å². The van der Waals surface area contributed by atoms with Gasteiger partial charge in [0.1, 0.15) is 18.3 Å². The average Bonchev–Trinajstić information content (AvgIpc) is 3.94. The number of aliphatic carboxylic acids is 1. The third-order valence-electron chi connectivity index (χ3n) is 16.8. The van der Waals surface area contributed by atoms with Gasteiger partial charge in [0.15, 0.2) is 23.7 Å². The van der Waals surface area contributed by atoms with Crippen molar-refractivity contribution in [1.29, 1.82) is 0 Å². The van der Waals surface area contributed by atoms with Crippen LogP contribution in [-0.2, 0) is 61.6 Å². The Hall–Kier alpha value is -1.13. The summed E-state index contributed by atoms with van der Waals surface area (Å²) >= 11 is 0. The van der Waals surface area contributed by atoms with E-state index < -0.39 is 102 Å². The molecule has 0 radical (unpaired) electrons. The Labute approximate surface area is 379 Å². The number of carbonyl (C=O) groups is 1. The summed E-state index contributed by atoms with van der Waals surface area (Å²) in [5.74, 6) is -7.18. The monoisotopic (exact) mass is 917 g/mol. The molecular weight excluding hydrogens is 837 g/mol. The van der Waals surface area contributed by atoms with Gasteiger partial charge >= 0.3 is 5.97 Å². The molecule has 7 heterocycles. The van der Waals surface area contributed by atoms with E-state index in [0.717, 1.165) is 6.42 Å². The van der Waals surface area contributed by atoms with Crippen LogP contribution in [0.25, 0.3) is 0 Å². The molecule has 0 amide bonds.